The van der Waals surface area contributed by atoms with Gasteiger partial charge in [-0.05, 0) is 73.2 Å². The smallest absolute Gasteiger partial charge is 0.337 e. The van der Waals surface area contributed by atoms with E-state index < -0.39 is 23.6 Å². The van der Waals surface area contributed by atoms with E-state index in [0.29, 0.717) is 18.8 Å². The molecule has 220 valence electrons. The van der Waals surface area contributed by atoms with E-state index in [0.717, 1.165) is 29.1 Å². The van der Waals surface area contributed by atoms with E-state index in [9.17, 15) is 18.4 Å². The second-order valence-corrected chi connectivity index (χ2v) is 9.45. The van der Waals surface area contributed by atoms with Crippen molar-refractivity contribution in [2.75, 3.05) is 20.8 Å². The molecule has 1 fully saturated rings. The zero-order chi connectivity index (χ0) is 30.2. The van der Waals surface area contributed by atoms with Gasteiger partial charge in [0.2, 0.25) is 0 Å². The second kappa shape index (κ2) is 17.7. The summed E-state index contributed by atoms with van der Waals surface area (Å²) in [5, 5.41) is 31.5. The number of carboxylic acids is 2. The van der Waals surface area contributed by atoms with Gasteiger partial charge in [-0.3, -0.25) is 9.98 Å². The lowest BCUT2D eigenvalue weighted by atomic mass is 9.91. The summed E-state index contributed by atoms with van der Waals surface area (Å²) in [5.74, 6) is -3.21. The molecule has 0 radical (unpaired) electrons. The third-order valence-corrected chi connectivity index (χ3v) is 6.59. The molecule has 1 saturated carbocycles. The number of likely N-dealkylation sites (N-methyl/N-ethyl adjacent to an activating group) is 2. The van der Waals surface area contributed by atoms with E-state index in [1.165, 1.54) is 50.2 Å². The summed E-state index contributed by atoms with van der Waals surface area (Å²) in [7, 11) is 4.11. The maximum atomic E-state index is 12.9. The molecule has 14 heteroatoms. The molecule has 11 nitrogen and oxygen atoms in total. The van der Waals surface area contributed by atoms with Gasteiger partial charge in [-0.15, -0.1) is 0 Å². The number of aromatic nitrogens is 3. The first kappa shape index (κ1) is 33.3. The van der Waals surface area contributed by atoms with Gasteiger partial charge in [-0.1, -0.05) is 12.8 Å². The summed E-state index contributed by atoms with van der Waals surface area (Å²) in [6, 6.07) is 8.17. The van der Waals surface area contributed by atoms with Crippen molar-refractivity contribution in [2.24, 2.45) is 9.98 Å². The van der Waals surface area contributed by atoms with Gasteiger partial charge in [-0.2, -0.15) is 15.0 Å². The van der Waals surface area contributed by atoms with Crippen LogP contribution in [0.5, 0.6) is 0 Å². The number of hydrogen-bond acceptors (Lipinski definition) is 8. The number of halogens is 3. The lowest BCUT2D eigenvalue weighted by Gasteiger charge is -2.30. The Morgan fingerprint density at radius 3 is 1.76 bits per heavy atom. The topological polar surface area (TPSA) is 154 Å². The van der Waals surface area contributed by atoms with Crippen molar-refractivity contribution >= 4 is 40.3 Å². The average Bonchev–Trinajstić information content (AvgIpc) is 3.71. The molecule has 0 unspecified atom stereocenters. The molecule has 0 spiro atoms. The number of nitrogens with zero attached hydrogens (tertiary/aromatic N) is 5. The number of aliphatic imine (C=N–C) groups is 2. The quantitative estimate of drug-likeness (QED) is 0.325. The van der Waals surface area contributed by atoms with E-state index in [-0.39, 0.29) is 21.3 Å². The van der Waals surface area contributed by atoms with Crippen LogP contribution in [0.25, 0.3) is 5.69 Å². The molecule has 41 heavy (non-hydrogen) atoms. The summed E-state index contributed by atoms with van der Waals surface area (Å²) in [6.45, 7) is 0.639. The van der Waals surface area contributed by atoms with Gasteiger partial charge in [-0.25, -0.2) is 18.4 Å². The summed E-state index contributed by atoms with van der Waals surface area (Å²) < 4.78 is 25.6. The van der Waals surface area contributed by atoms with Gasteiger partial charge >= 0.3 is 11.9 Å². The Morgan fingerprint density at radius 2 is 1.34 bits per heavy atom. The first-order valence-electron chi connectivity index (χ1n) is 12.6. The third kappa shape index (κ3) is 11.3. The van der Waals surface area contributed by atoms with Crippen molar-refractivity contribution in [3.63, 3.8) is 0 Å². The zero-order valence-corrected chi connectivity index (χ0v) is 24.1. The zero-order valence-electron chi connectivity index (χ0n) is 22.5. The molecule has 2 atom stereocenters. The molecule has 1 aliphatic carbocycles. The van der Waals surface area contributed by atoms with Crippen LogP contribution in [-0.4, -0.2) is 82.4 Å². The summed E-state index contributed by atoms with van der Waals surface area (Å²) in [4.78, 5) is 29.8. The maximum Gasteiger partial charge on any atom is 0.337 e. The highest BCUT2D eigenvalue weighted by molar-refractivity contribution is 9.10. The third-order valence-electron chi connectivity index (χ3n) is 5.93. The highest BCUT2D eigenvalue weighted by atomic mass is 79.9. The number of aromatic carboxylic acids is 2. The molecule has 2 heterocycles. The minimum atomic E-state index is -1.15. The molecule has 2 aliphatic rings. The lowest BCUT2D eigenvalue weighted by Crippen LogP contribution is -2.47. The van der Waals surface area contributed by atoms with Crippen LogP contribution in [-0.2, 0) is 0 Å². The number of carboxylic acid groups (broad SMARTS) is 2. The molecule has 0 amide bonds. The van der Waals surface area contributed by atoms with Crippen LogP contribution < -0.4 is 10.6 Å². The van der Waals surface area contributed by atoms with Crippen molar-refractivity contribution in [3.8, 4) is 5.69 Å². The summed E-state index contributed by atoms with van der Waals surface area (Å²) in [6.07, 6.45) is 11.6. The number of hydrogen-bond donors (Lipinski definition) is 4. The fourth-order valence-corrected chi connectivity index (χ4v) is 4.43. The van der Waals surface area contributed by atoms with Crippen LogP contribution in [0.15, 0.2) is 63.2 Å². The first-order chi connectivity index (χ1) is 19.7. The normalized spacial score (nSPS) is 16.8. The van der Waals surface area contributed by atoms with Crippen LogP contribution in [0, 0.1) is 11.6 Å². The largest absolute Gasteiger partial charge is 0.478 e. The molecular formula is C27H32BrF2N7O4. The second-order valence-electron chi connectivity index (χ2n) is 8.59. The SMILES string of the molecule is C1=NCN=C1.CN[C@@H]1CCCC[C@H]1NC.O=C(O)c1ccc(F)cc1-n1nccn1.O=C(O)c1ccc(F)cc1Br. The molecule has 1 aromatic heterocycles. The molecular weight excluding hydrogens is 604 g/mol. The number of rotatable bonds is 5. The van der Waals surface area contributed by atoms with Crippen molar-refractivity contribution < 1.29 is 28.6 Å². The van der Waals surface area contributed by atoms with Crippen LogP contribution in [0.1, 0.15) is 46.4 Å². The highest BCUT2D eigenvalue weighted by Crippen LogP contribution is 2.18. The predicted octanol–water partition coefficient (Wildman–Crippen LogP) is 4.23. The van der Waals surface area contributed by atoms with Crippen molar-refractivity contribution in [1.29, 1.82) is 0 Å². The maximum absolute atomic E-state index is 12.9. The van der Waals surface area contributed by atoms with Gasteiger partial charge in [0.05, 0.1) is 23.5 Å². The molecule has 5 rings (SSSR count). The first-order valence-corrected chi connectivity index (χ1v) is 13.4. The Kier molecular flexibility index (Phi) is 14.4. The molecule has 2 aromatic carbocycles. The fraction of sp³-hybridized carbons (Fsp3) is 0.333. The number of benzene rings is 2. The van der Waals surface area contributed by atoms with Gasteiger partial charge < -0.3 is 20.8 Å². The fourth-order valence-electron chi connectivity index (χ4n) is 3.91. The van der Waals surface area contributed by atoms with E-state index in [1.54, 1.807) is 12.4 Å². The standard InChI is InChI=1S/C9H6FN3O2.C8H18N2.C7H4BrFO2.C3H4N2/c10-6-1-2-7(9(14)15)8(5-6)13-11-3-4-12-13;1-9-7-5-3-4-6-8(7)10-2;8-6-3-4(9)1-2-5(6)7(10)11;1-2-5-3-4-1/h1-5H,(H,14,15);7-10H,3-6H2,1-2H3;1-3H,(H,10,11);1-2H,3H2/t;7-,8-;;/m.1../s1. The lowest BCUT2D eigenvalue weighted by molar-refractivity contribution is 0.0685. The van der Waals surface area contributed by atoms with E-state index >= 15 is 0 Å². The molecule has 0 saturated heterocycles. The Balaban J connectivity index is 0.000000202. The summed E-state index contributed by atoms with van der Waals surface area (Å²) in [5.41, 5.74) is 0.117. The van der Waals surface area contributed by atoms with E-state index in [2.05, 4.69) is 60.8 Å². The molecule has 1 aliphatic heterocycles. The van der Waals surface area contributed by atoms with E-state index in [1.807, 2.05) is 0 Å². The van der Waals surface area contributed by atoms with Gasteiger partial charge in [0.1, 0.15) is 24.0 Å². The summed E-state index contributed by atoms with van der Waals surface area (Å²) >= 11 is 2.93. The predicted molar refractivity (Wildman–Crippen MR) is 155 cm³/mol. The van der Waals surface area contributed by atoms with Crippen LogP contribution >= 0.6 is 15.9 Å². The van der Waals surface area contributed by atoms with E-state index in [4.69, 9.17) is 10.2 Å². The Labute approximate surface area is 244 Å². The highest BCUT2D eigenvalue weighted by Gasteiger charge is 2.21. The van der Waals surface area contributed by atoms with Gasteiger partial charge in [0, 0.05) is 35.1 Å². The van der Waals surface area contributed by atoms with Crippen molar-refractivity contribution in [3.05, 3.63) is 76.0 Å². The van der Waals surface area contributed by atoms with Crippen LogP contribution in [0.3, 0.4) is 0 Å². The monoisotopic (exact) mass is 635 g/mol. The Hall–Kier alpha value is -3.88. The van der Waals surface area contributed by atoms with Gasteiger partial charge in [0.15, 0.2) is 0 Å². The van der Waals surface area contributed by atoms with Crippen LogP contribution in [0.2, 0.25) is 0 Å². The minimum Gasteiger partial charge on any atom is -0.478 e. The van der Waals surface area contributed by atoms with Gasteiger partial charge in [0.25, 0.3) is 0 Å². The molecule has 4 N–H and O–H groups in total. The molecule has 3 aromatic rings. The number of carbonyl (C=O) groups is 2. The van der Waals surface area contributed by atoms with Crippen LogP contribution in [0.4, 0.5) is 8.78 Å². The Morgan fingerprint density at radius 1 is 0.854 bits per heavy atom. The van der Waals surface area contributed by atoms with Crippen molar-refractivity contribution in [2.45, 2.75) is 37.8 Å². The Bertz CT molecular complexity index is 1300. The average molecular weight is 636 g/mol. The minimum absolute atomic E-state index is 0.0485. The number of nitrogens with one attached hydrogen (secondary N) is 2. The molecule has 0 bridgehead atoms. The van der Waals surface area contributed by atoms with Crippen molar-refractivity contribution in [1.82, 2.24) is 25.6 Å².